The lowest BCUT2D eigenvalue weighted by atomic mass is 10.1. The molecule has 1 amide bonds. The van der Waals surface area contributed by atoms with E-state index in [0.717, 1.165) is 41.0 Å². The number of amides is 1. The van der Waals surface area contributed by atoms with Gasteiger partial charge in [0.2, 0.25) is 11.0 Å². The van der Waals surface area contributed by atoms with Crippen LogP contribution in [0.15, 0.2) is 22.5 Å². The van der Waals surface area contributed by atoms with Crippen LogP contribution < -0.4 is 10.6 Å². The van der Waals surface area contributed by atoms with Crippen molar-refractivity contribution in [2.45, 2.75) is 42.7 Å². The van der Waals surface area contributed by atoms with Gasteiger partial charge >= 0.3 is 0 Å². The molecular weight excluding hydrogens is 328 g/mol. The molecule has 0 spiro atoms. The number of benzene rings is 1. The second-order valence-corrected chi connectivity index (χ2v) is 8.07. The lowest BCUT2D eigenvalue weighted by molar-refractivity contribution is -0.120. The van der Waals surface area contributed by atoms with Crippen LogP contribution in [0.5, 0.6) is 0 Å². The number of aryl methyl sites for hydroxylation is 1. The van der Waals surface area contributed by atoms with Gasteiger partial charge in [-0.1, -0.05) is 41.7 Å². The quantitative estimate of drug-likeness (QED) is 0.883. The Bertz CT molecular complexity index is 701. The van der Waals surface area contributed by atoms with E-state index >= 15 is 0 Å². The highest BCUT2D eigenvalue weighted by molar-refractivity contribution is 8.02. The SMILES string of the molecule is Cc1cccc(Nc2nnc(S[C@@H]3CCCCNC3=O)s2)c1C. The van der Waals surface area contributed by atoms with Crippen molar-refractivity contribution in [2.75, 3.05) is 11.9 Å². The molecule has 122 valence electrons. The fraction of sp³-hybridized carbons (Fsp3) is 0.438. The summed E-state index contributed by atoms with van der Waals surface area (Å²) < 4.78 is 0.833. The fourth-order valence-corrected chi connectivity index (χ4v) is 4.53. The van der Waals surface area contributed by atoms with Crippen LogP contribution in [0.4, 0.5) is 10.8 Å². The van der Waals surface area contributed by atoms with Gasteiger partial charge in [0.05, 0.1) is 5.25 Å². The fourth-order valence-electron chi connectivity index (χ4n) is 2.46. The lowest BCUT2D eigenvalue weighted by Crippen LogP contribution is -2.30. The summed E-state index contributed by atoms with van der Waals surface area (Å²) in [6.07, 6.45) is 3.02. The van der Waals surface area contributed by atoms with E-state index in [1.54, 1.807) is 0 Å². The van der Waals surface area contributed by atoms with E-state index in [2.05, 4.69) is 40.7 Å². The van der Waals surface area contributed by atoms with E-state index in [1.165, 1.54) is 34.2 Å². The van der Waals surface area contributed by atoms with Gasteiger partial charge in [-0.2, -0.15) is 0 Å². The Balaban J connectivity index is 1.68. The second kappa shape index (κ2) is 7.31. The molecule has 0 radical (unpaired) electrons. The number of nitrogens with zero attached hydrogens (tertiary/aromatic N) is 2. The number of anilines is 2. The molecule has 7 heteroatoms. The summed E-state index contributed by atoms with van der Waals surface area (Å²) in [6, 6.07) is 6.15. The van der Waals surface area contributed by atoms with Crippen LogP contribution in [0.1, 0.15) is 30.4 Å². The molecule has 1 aliphatic rings. The van der Waals surface area contributed by atoms with E-state index in [4.69, 9.17) is 0 Å². The summed E-state index contributed by atoms with van der Waals surface area (Å²) in [5.41, 5.74) is 3.49. The van der Waals surface area contributed by atoms with Gasteiger partial charge in [-0.05, 0) is 43.9 Å². The van der Waals surface area contributed by atoms with Crippen molar-refractivity contribution in [3.05, 3.63) is 29.3 Å². The van der Waals surface area contributed by atoms with Crippen molar-refractivity contribution in [3.63, 3.8) is 0 Å². The average molecular weight is 348 g/mol. The Morgan fingerprint density at radius 1 is 1.30 bits per heavy atom. The number of carbonyl (C=O) groups excluding carboxylic acids is 1. The van der Waals surface area contributed by atoms with Crippen molar-refractivity contribution in [3.8, 4) is 0 Å². The molecule has 1 fully saturated rings. The first-order valence-corrected chi connectivity index (χ1v) is 9.44. The number of rotatable bonds is 4. The Hall–Kier alpha value is -1.60. The van der Waals surface area contributed by atoms with E-state index in [-0.39, 0.29) is 11.2 Å². The number of hydrogen-bond donors (Lipinski definition) is 2. The largest absolute Gasteiger partial charge is 0.355 e. The van der Waals surface area contributed by atoms with E-state index < -0.39 is 0 Å². The summed E-state index contributed by atoms with van der Waals surface area (Å²) in [7, 11) is 0. The minimum atomic E-state index is -0.0565. The molecular formula is C16H20N4OS2. The Morgan fingerprint density at radius 3 is 3.04 bits per heavy atom. The van der Waals surface area contributed by atoms with Gasteiger partial charge in [-0.25, -0.2) is 0 Å². The van der Waals surface area contributed by atoms with Crippen LogP contribution in [-0.2, 0) is 4.79 Å². The smallest absolute Gasteiger partial charge is 0.233 e. The molecule has 23 heavy (non-hydrogen) atoms. The van der Waals surface area contributed by atoms with E-state index in [1.807, 2.05) is 12.1 Å². The van der Waals surface area contributed by atoms with Crippen molar-refractivity contribution >= 4 is 39.8 Å². The standard InChI is InChI=1S/C16H20N4OS2/c1-10-6-5-7-12(11(10)2)18-15-19-20-16(23-15)22-13-8-3-4-9-17-14(13)21/h5-7,13H,3-4,8-9H2,1-2H3,(H,17,21)(H,18,19)/t13-/m1/s1. The second-order valence-electron chi connectivity index (χ2n) is 5.64. The van der Waals surface area contributed by atoms with Gasteiger partial charge < -0.3 is 10.6 Å². The highest BCUT2D eigenvalue weighted by Gasteiger charge is 2.23. The first kappa shape index (κ1) is 16.3. The molecule has 0 aliphatic carbocycles. The maximum absolute atomic E-state index is 12.0. The highest BCUT2D eigenvalue weighted by atomic mass is 32.2. The maximum Gasteiger partial charge on any atom is 0.233 e. The zero-order valence-corrected chi connectivity index (χ0v) is 14.9. The summed E-state index contributed by atoms with van der Waals surface area (Å²) in [6.45, 7) is 4.96. The van der Waals surface area contributed by atoms with Gasteiger partial charge in [-0.3, -0.25) is 4.79 Å². The van der Waals surface area contributed by atoms with Crippen LogP contribution in [0.3, 0.4) is 0 Å². The van der Waals surface area contributed by atoms with Crippen molar-refractivity contribution in [2.24, 2.45) is 0 Å². The van der Waals surface area contributed by atoms with Crippen LogP contribution >= 0.6 is 23.1 Å². The molecule has 1 atom stereocenters. The van der Waals surface area contributed by atoms with Gasteiger partial charge in [0.25, 0.3) is 0 Å². The predicted octanol–water partition coefficient (Wildman–Crippen LogP) is 3.66. The third-order valence-electron chi connectivity index (χ3n) is 3.98. The lowest BCUT2D eigenvalue weighted by Gasteiger charge is -2.09. The van der Waals surface area contributed by atoms with Gasteiger partial charge in [0, 0.05) is 12.2 Å². The molecule has 0 saturated carbocycles. The minimum Gasteiger partial charge on any atom is -0.355 e. The zero-order chi connectivity index (χ0) is 16.2. The third-order valence-corrected chi connectivity index (χ3v) is 6.17. The van der Waals surface area contributed by atoms with E-state index in [9.17, 15) is 4.79 Å². The van der Waals surface area contributed by atoms with Gasteiger partial charge in [-0.15, -0.1) is 10.2 Å². The van der Waals surface area contributed by atoms with Crippen LogP contribution in [0.2, 0.25) is 0 Å². The first-order valence-electron chi connectivity index (χ1n) is 7.74. The third kappa shape index (κ3) is 4.03. The normalized spacial score (nSPS) is 18.3. The molecule has 3 rings (SSSR count). The van der Waals surface area contributed by atoms with Crippen molar-refractivity contribution in [1.82, 2.24) is 15.5 Å². The first-order chi connectivity index (χ1) is 11.1. The summed E-state index contributed by atoms with van der Waals surface area (Å²) in [5.74, 6) is 0.117. The van der Waals surface area contributed by atoms with Gasteiger partial charge in [0.1, 0.15) is 0 Å². The summed E-state index contributed by atoms with van der Waals surface area (Å²) >= 11 is 3.01. The molecule has 1 aromatic heterocycles. The molecule has 2 heterocycles. The van der Waals surface area contributed by atoms with Crippen molar-refractivity contribution < 1.29 is 4.79 Å². The molecule has 0 unspecified atom stereocenters. The summed E-state index contributed by atoms with van der Waals surface area (Å²) in [4.78, 5) is 12.0. The van der Waals surface area contributed by atoms with E-state index in [0.29, 0.717) is 0 Å². The highest BCUT2D eigenvalue weighted by Crippen LogP contribution is 2.33. The Morgan fingerprint density at radius 2 is 2.17 bits per heavy atom. The predicted molar refractivity (Wildman–Crippen MR) is 95.6 cm³/mol. The Labute approximate surface area is 144 Å². The molecule has 2 aromatic rings. The number of hydrogen-bond acceptors (Lipinski definition) is 6. The Kier molecular flexibility index (Phi) is 5.17. The molecule has 2 N–H and O–H groups in total. The zero-order valence-electron chi connectivity index (χ0n) is 13.3. The van der Waals surface area contributed by atoms with Crippen LogP contribution in [0.25, 0.3) is 0 Å². The van der Waals surface area contributed by atoms with Crippen LogP contribution in [0, 0.1) is 13.8 Å². The number of carbonyl (C=O) groups is 1. The van der Waals surface area contributed by atoms with Crippen LogP contribution in [-0.4, -0.2) is 27.9 Å². The average Bonchev–Trinajstić information content (AvgIpc) is 2.87. The molecule has 5 nitrogen and oxygen atoms in total. The molecule has 0 bridgehead atoms. The van der Waals surface area contributed by atoms with Gasteiger partial charge in [0.15, 0.2) is 4.34 Å². The minimum absolute atomic E-state index is 0.0565. The monoisotopic (exact) mass is 348 g/mol. The topological polar surface area (TPSA) is 66.9 Å². The molecule has 1 aliphatic heterocycles. The maximum atomic E-state index is 12.0. The summed E-state index contributed by atoms with van der Waals surface area (Å²) in [5, 5.41) is 15.4. The number of thioether (sulfide) groups is 1. The van der Waals surface area contributed by atoms with Crippen molar-refractivity contribution in [1.29, 1.82) is 0 Å². The molecule has 1 saturated heterocycles. The number of nitrogens with one attached hydrogen (secondary N) is 2. The molecule has 1 aromatic carbocycles. The number of aromatic nitrogens is 2.